The van der Waals surface area contributed by atoms with Gasteiger partial charge >= 0.3 is 5.97 Å². The number of hydrogen-bond acceptors (Lipinski definition) is 3. The van der Waals surface area contributed by atoms with E-state index in [1.165, 1.54) is 0 Å². The van der Waals surface area contributed by atoms with Crippen molar-refractivity contribution in [3.05, 3.63) is 35.4 Å². The lowest BCUT2D eigenvalue weighted by atomic mass is 9.95. The van der Waals surface area contributed by atoms with Crippen LogP contribution in [0.5, 0.6) is 0 Å². The van der Waals surface area contributed by atoms with Gasteiger partial charge in [-0.2, -0.15) is 0 Å². The summed E-state index contributed by atoms with van der Waals surface area (Å²) in [5.41, 5.74) is 1.84. The zero-order valence-corrected chi connectivity index (χ0v) is 12.9. The Hall–Kier alpha value is -1.84. The first-order valence-electron chi connectivity index (χ1n) is 7.41. The normalized spacial score (nSPS) is 18.4. The van der Waals surface area contributed by atoms with Gasteiger partial charge in [0.05, 0.1) is 0 Å². The van der Waals surface area contributed by atoms with Gasteiger partial charge in [0.25, 0.3) is 0 Å². The summed E-state index contributed by atoms with van der Waals surface area (Å²) in [6, 6.07) is 8.14. The van der Waals surface area contributed by atoms with E-state index in [4.69, 9.17) is 4.74 Å². The molecule has 0 spiro atoms. The van der Waals surface area contributed by atoms with E-state index in [9.17, 15) is 9.59 Å². The molecule has 0 radical (unpaired) electrons. The minimum atomic E-state index is -0.436. The molecule has 1 heterocycles. The molecule has 1 N–H and O–H groups in total. The van der Waals surface area contributed by atoms with Gasteiger partial charge in [-0.05, 0) is 38.3 Å². The molecule has 2 rings (SSSR count). The molecule has 0 aliphatic carbocycles. The van der Waals surface area contributed by atoms with Crippen LogP contribution in [-0.2, 0) is 20.7 Å². The summed E-state index contributed by atoms with van der Waals surface area (Å²) in [4.78, 5) is 23.0. The summed E-state index contributed by atoms with van der Waals surface area (Å²) >= 11 is 0. The second kappa shape index (κ2) is 6.29. The zero-order valence-electron chi connectivity index (χ0n) is 12.9. The number of amides is 1. The molecule has 114 valence electrons. The maximum absolute atomic E-state index is 11.7. The van der Waals surface area contributed by atoms with Crippen molar-refractivity contribution < 1.29 is 14.3 Å². The third kappa shape index (κ3) is 4.88. The highest BCUT2D eigenvalue weighted by Gasteiger charge is 2.23. The van der Waals surface area contributed by atoms with Crippen LogP contribution in [0.4, 0.5) is 0 Å². The molecule has 1 aromatic carbocycles. The van der Waals surface area contributed by atoms with Crippen LogP contribution in [-0.4, -0.2) is 24.0 Å². The lowest BCUT2D eigenvalue weighted by Crippen LogP contribution is -2.24. The maximum atomic E-state index is 11.7. The molecular formula is C17H23NO3. The van der Waals surface area contributed by atoms with Crippen LogP contribution in [0.3, 0.4) is 0 Å². The quantitative estimate of drug-likeness (QED) is 0.867. The molecule has 1 unspecified atom stereocenters. The Bertz CT molecular complexity index is 531. The second-order valence-corrected chi connectivity index (χ2v) is 6.54. The minimum Gasteiger partial charge on any atom is -0.460 e. The lowest BCUT2D eigenvalue weighted by molar-refractivity contribution is -0.154. The first-order chi connectivity index (χ1) is 9.83. The first kappa shape index (κ1) is 15.5. The number of rotatable bonds is 4. The van der Waals surface area contributed by atoms with Crippen molar-refractivity contribution in [2.24, 2.45) is 0 Å². The van der Waals surface area contributed by atoms with E-state index in [1.54, 1.807) is 0 Å². The average molecular weight is 289 g/mol. The molecule has 21 heavy (non-hydrogen) atoms. The molecule has 1 saturated heterocycles. The van der Waals surface area contributed by atoms with E-state index in [2.05, 4.69) is 11.4 Å². The molecular weight excluding hydrogens is 266 g/mol. The van der Waals surface area contributed by atoms with Crippen LogP contribution < -0.4 is 5.32 Å². The number of aryl methyl sites for hydroxylation is 1. The van der Waals surface area contributed by atoms with Crippen LogP contribution in [0.25, 0.3) is 0 Å². The fraction of sp³-hybridized carbons (Fsp3) is 0.529. The monoisotopic (exact) mass is 289 g/mol. The predicted octanol–water partition coefficient (Wildman–Crippen LogP) is 2.56. The highest BCUT2D eigenvalue weighted by molar-refractivity contribution is 5.79. The fourth-order valence-corrected chi connectivity index (χ4v) is 2.48. The number of esters is 1. The van der Waals surface area contributed by atoms with Crippen LogP contribution in [0.2, 0.25) is 0 Å². The van der Waals surface area contributed by atoms with E-state index in [0.29, 0.717) is 25.8 Å². The topological polar surface area (TPSA) is 55.4 Å². The van der Waals surface area contributed by atoms with Gasteiger partial charge in [0, 0.05) is 25.3 Å². The number of carbonyl (C=O) groups excluding carboxylic acids is 2. The summed E-state index contributed by atoms with van der Waals surface area (Å²) in [5, 5.41) is 2.85. The largest absolute Gasteiger partial charge is 0.460 e. The number of benzene rings is 1. The Morgan fingerprint density at radius 1 is 1.38 bits per heavy atom. The molecule has 4 heteroatoms. The third-order valence-electron chi connectivity index (χ3n) is 3.44. The summed E-state index contributed by atoms with van der Waals surface area (Å²) in [6.45, 7) is 6.31. The van der Waals surface area contributed by atoms with Crippen molar-refractivity contribution in [2.45, 2.75) is 51.6 Å². The molecule has 1 aromatic rings. The minimum absolute atomic E-state index is 0.110. The van der Waals surface area contributed by atoms with Crippen LogP contribution in [0, 0.1) is 0 Å². The van der Waals surface area contributed by atoms with Gasteiger partial charge in [-0.3, -0.25) is 9.59 Å². The Labute approximate surface area is 125 Å². The summed E-state index contributed by atoms with van der Waals surface area (Å²) in [6.07, 6.45) is 1.59. The van der Waals surface area contributed by atoms with Gasteiger partial charge in [0.1, 0.15) is 5.60 Å². The van der Waals surface area contributed by atoms with Crippen molar-refractivity contribution >= 4 is 11.9 Å². The molecule has 1 fully saturated rings. The van der Waals surface area contributed by atoms with Crippen LogP contribution in [0.15, 0.2) is 24.3 Å². The maximum Gasteiger partial charge on any atom is 0.306 e. The average Bonchev–Trinajstić information content (AvgIpc) is 2.82. The van der Waals surface area contributed by atoms with Gasteiger partial charge in [0.2, 0.25) is 5.91 Å². The second-order valence-electron chi connectivity index (χ2n) is 6.54. The third-order valence-corrected chi connectivity index (χ3v) is 3.44. The highest BCUT2D eigenvalue weighted by atomic mass is 16.6. The Morgan fingerprint density at radius 2 is 2.14 bits per heavy atom. The van der Waals surface area contributed by atoms with E-state index < -0.39 is 5.60 Å². The molecule has 4 nitrogen and oxygen atoms in total. The fourth-order valence-electron chi connectivity index (χ4n) is 2.48. The van der Waals surface area contributed by atoms with E-state index >= 15 is 0 Å². The lowest BCUT2D eigenvalue weighted by Gasteiger charge is -2.19. The van der Waals surface area contributed by atoms with Crippen molar-refractivity contribution in [3.8, 4) is 0 Å². The Morgan fingerprint density at radius 3 is 2.76 bits per heavy atom. The standard InChI is InChI=1S/C17H23NO3/c1-17(2,3)21-16(20)8-7-12-5-4-6-13(9-12)14-10-15(19)18-11-14/h4-6,9,14H,7-8,10-11H2,1-3H3,(H,18,19). The molecule has 1 atom stereocenters. The number of carbonyl (C=O) groups is 2. The number of nitrogens with one attached hydrogen (secondary N) is 1. The van der Waals surface area contributed by atoms with E-state index in [1.807, 2.05) is 39.0 Å². The smallest absolute Gasteiger partial charge is 0.306 e. The Balaban J connectivity index is 1.92. The Kier molecular flexibility index (Phi) is 4.66. The summed E-state index contributed by atoms with van der Waals surface area (Å²) in [5.74, 6) is 0.184. The van der Waals surface area contributed by atoms with Gasteiger partial charge in [-0.15, -0.1) is 0 Å². The van der Waals surface area contributed by atoms with Gasteiger partial charge in [0.15, 0.2) is 0 Å². The van der Waals surface area contributed by atoms with Gasteiger partial charge in [-0.1, -0.05) is 24.3 Å². The predicted molar refractivity (Wildman–Crippen MR) is 81.0 cm³/mol. The van der Waals surface area contributed by atoms with E-state index in [0.717, 1.165) is 11.1 Å². The highest BCUT2D eigenvalue weighted by Crippen LogP contribution is 2.24. The molecule has 1 aliphatic rings. The molecule has 0 saturated carbocycles. The van der Waals surface area contributed by atoms with Crippen molar-refractivity contribution in [1.29, 1.82) is 0 Å². The summed E-state index contributed by atoms with van der Waals surface area (Å²) in [7, 11) is 0. The van der Waals surface area contributed by atoms with Crippen molar-refractivity contribution in [2.75, 3.05) is 6.54 Å². The number of ether oxygens (including phenoxy) is 1. The summed E-state index contributed by atoms with van der Waals surface area (Å²) < 4.78 is 5.31. The molecule has 1 amide bonds. The van der Waals surface area contributed by atoms with Crippen molar-refractivity contribution in [1.82, 2.24) is 5.32 Å². The first-order valence-corrected chi connectivity index (χ1v) is 7.41. The van der Waals surface area contributed by atoms with Gasteiger partial charge in [-0.25, -0.2) is 0 Å². The zero-order chi connectivity index (χ0) is 15.5. The van der Waals surface area contributed by atoms with Crippen molar-refractivity contribution in [3.63, 3.8) is 0 Å². The van der Waals surface area contributed by atoms with E-state index in [-0.39, 0.29) is 17.8 Å². The van der Waals surface area contributed by atoms with Gasteiger partial charge < -0.3 is 10.1 Å². The van der Waals surface area contributed by atoms with Crippen LogP contribution in [0.1, 0.15) is 50.7 Å². The van der Waals surface area contributed by atoms with Crippen LogP contribution >= 0.6 is 0 Å². The SMILES string of the molecule is CC(C)(C)OC(=O)CCc1cccc(C2CNC(=O)C2)c1. The molecule has 1 aliphatic heterocycles. The molecule has 0 aromatic heterocycles. The number of hydrogen-bond donors (Lipinski definition) is 1. The molecule has 0 bridgehead atoms.